The molecule has 168 valence electrons. The fourth-order valence-electron chi connectivity index (χ4n) is 3.46. The Morgan fingerprint density at radius 3 is 2.42 bits per heavy atom. The molecule has 0 bridgehead atoms. The van der Waals surface area contributed by atoms with Crippen molar-refractivity contribution in [2.24, 2.45) is 0 Å². The predicted octanol–water partition coefficient (Wildman–Crippen LogP) is 4.55. The summed E-state index contributed by atoms with van der Waals surface area (Å²) >= 11 is 0. The quantitative estimate of drug-likeness (QED) is 0.384. The lowest BCUT2D eigenvalue weighted by Gasteiger charge is -2.09. The Morgan fingerprint density at radius 2 is 1.67 bits per heavy atom. The third-order valence-electron chi connectivity index (χ3n) is 5.04. The molecule has 0 atom stereocenters. The summed E-state index contributed by atoms with van der Waals surface area (Å²) in [5, 5.41) is 7.52. The largest absolute Gasteiger partial charge is 0.496 e. The number of hydrogen-bond donors (Lipinski definition) is 1. The Balaban J connectivity index is 1.53. The molecule has 4 rings (SSSR count). The van der Waals surface area contributed by atoms with Crippen molar-refractivity contribution in [2.45, 2.75) is 6.54 Å². The molecule has 0 unspecified atom stereocenters. The summed E-state index contributed by atoms with van der Waals surface area (Å²) in [5.74, 6) is 0.0355. The molecule has 0 aliphatic heterocycles. The van der Waals surface area contributed by atoms with Gasteiger partial charge in [-0.2, -0.15) is 5.10 Å². The Kier molecular flexibility index (Phi) is 6.99. The lowest BCUT2D eigenvalue weighted by atomic mass is 10.1. The van der Waals surface area contributed by atoms with Crippen molar-refractivity contribution in [1.29, 1.82) is 0 Å². The number of hydrogen-bond acceptors (Lipinski definition) is 4. The highest BCUT2D eigenvalue weighted by Crippen LogP contribution is 2.31. The Labute approximate surface area is 191 Å². The minimum Gasteiger partial charge on any atom is -0.496 e. The van der Waals surface area contributed by atoms with Gasteiger partial charge in [0, 0.05) is 11.8 Å². The average Bonchev–Trinajstić information content (AvgIpc) is 3.27. The number of carbonyl (C=O) groups is 1. The van der Waals surface area contributed by atoms with Crippen molar-refractivity contribution in [1.82, 2.24) is 15.1 Å². The summed E-state index contributed by atoms with van der Waals surface area (Å²) in [4.78, 5) is 13.0. The van der Waals surface area contributed by atoms with Crippen LogP contribution >= 0.6 is 0 Å². The zero-order chi connectivity index (χ0) is 23.0. The van der Waals surface area contributed by atoms with Crippen LogP contribution in [0.5, 0.6) is 11.5 Å². The predicted molar refractivity (Wildman–Crippen MR) is 124 cm³/mol. The molecule has 1 amide bonds. The van der Waals surface area contributed by atoms with Crippen molar-refractivity contribution >= 4 is 5.91 Å². The zero-order valence-electron chi connectivity index (χ0n) is 18.2. The normalized spacial score (nSPS) is 10.6. The van der Waals surface area contributed by atoms with E-state index in [2.05, 4.69) is 10.4 Å². The third-order valence-corrected chi connectivity index (χ3v) is 5.04. The molecule has 0 aliphatic rings. The van der Waals surface area contributed by atoms with E-state index < -0.39 is 5.82 Å². The lowest BCUT2D eigenvalue weighted by Crippen LogP contribution is -2.28. The zero-order valence-corrected chi connectivity index (χ0v) is 18.2. The van der Waals surface area contributed by atoms with Crippen LogP contribution in [0.3, 0.4) is 0 Å². The van der Waals surface area contributed by atoms with E-state index in [1.54, 1.807) is 36.2 Å². The first-order chi connectivity index (χ1) is 16.2. The number of para-hydroxylation sites is 2. The standard InChI is InChI=1S/C26H24FN3O3/c1-32-23-13-7-5-11-20(23)25-21(18-30(29-25)17-19-9-3-2-4-10-19)26(31)28-15-16-33-24-14-8-6-12-22(24)27/h2-14,18H,15-17H2,1H3,(H,28,31). The fraction of sp³-hybridized carbons (Fsp3) is 0.154. The van der Waals surface area contributed by atoms with Gasteiger partial charge in [-0.3, -0.25) is 9.48 Å². The number of carbonyl (C=O) groups excluding carboxylic acids is 1. The highest BCUT2D eigenvalue weighted by atomic mass is 19.1. The van der Waals surface area contributed by atoms with Gasteiger partial charge in [0.25, 0.3) is 5.91 Å². The Hall–Kier alpha value is -4.13. The number of amides is 1. The van der Waals surface area contributed by atoms with Crippen LogP contribution in [0.25, 0.3) is 11.3 Å². The van der Waals surface area contributed by atoms with E-state index >= 15 is 0 Å². The van der Waals surface area contributed by atoms with Crippen molar-refractivity contribution in [3.05, 3.63) is 102 Å². The molecular weight excluding hydrogens is 421 g/mol. The molecule has 0 saturated carbocycles. The first-order valence-corrected chi connectivity index (χ1v) is 10.6. The molecule has 4 aromatic rings. The van der Waals surface area contributed by atoms with Gasteiger partial charge < -0.3 is 14.8 Å². The number of nitrogens with zero attached hydrogens (tertiary/aromatic N) is 2. The van der Waals surface area contributed by atoms with Crippen molar-refractivity contribution in [2.75, 3.05) is 20.3 Å². The topological polar surface area (TPSA) is 65.4 Å². The molecule has 0 saturated heterocycles. The summed E-state index contributed by atoms with van der Waals surface area (Å²) in [5.41, 5.74) is 2.73. The van der Waals surface area contributed by atoms with Crippen molar-refractivity contribution < 1.29 is 18.7 Å². The maximum absolute atomic E-state index is 13.7. The summed E-state index contributed by atoms with van der Waals surface area (Å²) in [7, 11) is 1.58. The van der Waals surface area contributed by atoms with Crippen LogP contribution in [-0.2, 0) is 6.54 Å². The Morgan fingerprint density at radius 1 is 0.970 bits per heavy atom. The van der Waals surface area contributed by atoms with E-state index in [9.17, 15) is 9.18 Å². The molecule has 1 aromatic heterocycles. The number of benzene rings is 3. The summed E-state index contributed by atoms with van der Waals surface area (Å²) < 4.78 is 26.3. The van der Waals surface area contributed by atoms with E-state index in [1.165, 1.54) is 6.07 Å². The smallest absolute Gasteiger partial charge is 0.255 e. The van der Waals surface area contributed by atoms with Crippen LogP contribution in [0.15, 0.2) is 85.1 Å². The monoisotopic (exact) mass is 445 g/mol. The van der Waals surface area contributed by atoms with E-state index in [4.69, 9.17) is 9.47 Å². The van der Waals surface area contributed by atoms with Crippen LogP contribution in [0.2, 0.25) is 0 Å². The highest BCUT2D eigenvalue weighted by Gasteiger charge is 2.20. The molecule has 7 heteroatoms. The molecule has 0 spiro atoms. The van der Waals surface area contributed by atoms with Gasteiger partial charge in [-0.15, -0.1) is 0 Å². The number of methoxy groups -OCH3 is 1. The second-order valence-corrected chi connectivity index (χ2v) is 7.31. The van der Waals surface area contributed by atoms with Gasteiger partial charge in [0.15, 0.2) is 11.6 Å². The van der Waals surface area contributed by atoms with E-state index in [0.717, 1.165) is 11.1 Å². The van der Waals surface area contributed by atoms with Crippen LogP contribution in [0.1, 0.15) is 15.9 Å². The number of rotatable bonds is 9. The second kappa shape index (κ2) is 10.5. The minimum absolute atomic E-state index is 0.134. The maximum atomic E-state index is 13.7. The molecule has 6 nitrogen and oxygen atoms in total. The SMILES string of the molecule is COc1ccccc1-c1nn(Cc2ccccc2)cc1C(=O)NCCOc1ccccc1F. The number of halogens is 1. The second-order valence-electron chi connectivity index (χ2n) is 7.31. The van der Waals surface area contributed by atoms with Crippen LogP contribution in [-0.4, -0.2) is 35.9 Å². The Bertz CT molecular complexity index is 1220. The fourth-order valence-corrected chi connectivity index (χ4v) is 3.46. The lowest BCUT2D eigenvalue weighted by molar-refractivity contribution is 0.0947. The van der Waals surface area contributed by atoms with Crippen molar-refractivity contribution in [3.8, 4) is 22.8 Å². The van der Waals surface area contributed by atoms with Gasteiger partial charge in [0.2, 0.25) is 0 Å². The van der Waals surface area contributed by atoms with Gasteiger partial charge in [-0.1, -0.05) is 54.6 Å². The summed E-state index contributed by atoms with van der Waals surface area (Å²) in [6.45, 7) is 0.865. The van der Waals surface area contributed by atoms with Crippen LogP contribution in [0.4, 0.5) is 4.39 Å². The summed E-state index contributed by atoms with van der Waals surface area (Å²) in [6.07, 6.45) is 1.72. The first-order valence-electron chi connectivity index (χ1n) is 10.6. The van der Waals surface area contributed by atoms with Crippen LogP contribution < -0.4 is 14.8 Å². The number of ether oxygens (including phenoxy) is 2. The first kappa shape index (κ1) is 22.1. The summed E-state index contributed by atoms with van der Waals surface area (Å²) in [6, 6.07) is 23.5. The van der Waals surface area contributed by atoms with E-state index in [-0.39, 0.29) is 24.8 Å². The molecule has 3 aromatic carbocycles. The van der Waals surface area contributed by atoms with Gasteiger partial charge in [0.05, 0.1) is 25.8 Å². The van der Waals surface area contributed by atoms with Gasteiger partial charge in [0.1, 0.15) is 18.1 Å². The molecule has 1 heterocycles. The van der Waals surface area contributed by atoms with E-state index in [0.29, 0.717) is 23.6 Å². The average molecular weight is 445 g/mol. The van der Waals surface area contributed by atoms with Crippen LogP contribution in [0, 0.1) is 5.82 Å². The molecule has 0 radical (unpaired) electrons. The molecule has 0 fully saturated rings. The number of nitrogens with one attached hydrogen (secondary N) is 1. The van der Waals surface area contributed by atoms with Gasteiger partial charge >= 0.3 is 0 Å². The number of aromatic nitrogens is 2. The highest BCUT2D eigenvalue weighted by molar-refractivity contribution is 6.00. The maximum Gasteiger partial charge on any atom is 0.255 e. The molecular formula is C26H24FN3O3. The minimum atomic E-state index is -0.440. The van der Waals surface area contributed by atoms with Crippen molar-refractivity contribution in [3.63, 3.8) is 0 Å². The third kappa shape index (κ3) is 5.38. The molecule has 1 N–H and O–H groups in total. The molecule has 33 heavy (non-hydrogen) atoms. The molecule has 0 aliphatic carbocycles. The van der Waals surface area contributed by atoms with E-state index in [1.807, 2.05) is 54.6 Å². The van der Waals surface area contributed by atoms with Gasteiger partial charge in [-0.05, 0) is 29.8 Å². The van der Waals surface area contributed by atoms with Gasteiger partial charge in [-0.25, -0.2) is 4.39 Å².